The third-order valence-electron chi connectivity index (χ3n) is 4.07. The molecule has 1 aromatic heterocycles. The molecule has 0 aromatic carbocycles. The second-order valence-electron chi connectivity index (χ2n) is 6.17. The summed E-state index contributed by atoms with van der Waals surface area (Å²) in [6.45, 7) is 6.28. The lowest BCUT2D eigenvalue weighted by Gasteiger charge is -2.09. The Morgan fingerprint density at radius 2 is 1.43 bits per heavy atom. The zero-order chi connectivity index (χ0) is 15.5. The van der Waals surface area contributed by atoms with Crippen LogP contribution in [-0.2, 0) is 0 Å². The lowest BCUT2D eigenvalue weighted by Crippen LogP contribution is -1.97. The highest BCUT2D eigenvalue weighted by Gasteiger charge is 2.13. The van der Waals surface area contributed by atoms with Gasteiger partial charge in [0.05, 0.1) is 21.7 Å². The molecule has 1 unspecified atom stereocenters. The third kappa shape index (κ3) is 7.96. The van der Waals surface area contributed by atoms with E-state index in [1.165, 1.54) is 57.8 Å². The highest BCUT2D eigenvalue weighted by molar-refractivity contribution is 7.11. The van der Waals surface area contributed by atoms with E-state index < -0.39 is 0 Å². The Balaban J connectivity index is 1.98. The minimum Gasteiger partial charge on any atom is -0.388 e. The van der Waals surface area contributed by atoms with Crippen molar-refractivity contribution in [3.05, 3.63) is 15.6 Å². The van der Waals surface area contributed by atoms with Crippen molar-refractivity contribution in [3.8, 4) is 0 Å². The number of aromatic nitrogens is 1. The van der Waals surface area contributed by atoms with E-state index in [1.807, 2.05) is 13.8 Å². The normalized spacial score (nSPS) is 12.8. The topological polar surface area (TPSA) is 33.1 Å². The highest BCUT2D eigenvalue weighted by Crippen LogP contribution is 2.28. The van der Waals surface area contributed by atoms with Gasteiger partial charge in [-0.15, -0.1) is 11.3 Å². The molecule has 21 heavy (non-hydrogen) atoms. The highest BCUT2D eigenvalue weighted by atomic mass is 32.1. The van der Waals surface area contributed by atoms with Crippen molar-refractivity contribution in [2.75, 3.05) is 0 Å². The summed E-state index contributed by atoms with van der Waals surface area (Å²) >= 11 is 1.64. The van der Waals surface area contributed by atoms with E-state index in [1.54, 1.807) is 11.3 Å². The smallest absolute Gasteiger partial charge is 0.0901 e. The van der Waals surface area contributed by atoms with Crippen LogP contribution in [-0.4, -0.2) is 10.1 Å². The van der Waals surface area contributed by atoms with Crippen molar-refractivity contribution in [3.63, 3.8) is 0 Å². The van der Waals surface area contributed by atoms with Gasteiger partial charge in [-0.1, -0.05) is 71.1 Å². The minimum atomic E-state index is -0.301. The quantitative estimate of drug-likeness (QED) is 0.473. The molecular formula is C18H33NOS. The van der Waals surface area contributed by atoms with Gasteiger partial charge in [-0.25, -0.2) is 4.98 Å². The molecule has 0 bridgehead atoms. The van der Waals surface area contributed by atoms with Gasteiger partial charge < -0.3 is 5.11 Å². The summed E-state index contributed by atoms with van der Waals surface area (Å²) in [5.41, 5.74) is 1.01. The maximum absolute atomic E-state index is 10.2. The van der Waals surface area contributed by atoms with E-state index in [4.69, 9.17) is 0 Å². The first-order chi connectivity index (χ1) is 10.1. The fourth-order valence-corrected chi connectivity index (χ4v) is 3.76. The monoisotopic (exact) mass is 311 g/mol. The predicted octanol–water partition coefficient (Wildman–Crippen LogP) is 6.10. The molecule has 2 nitrogen and oxygen atoms in total. The summed E-state index contributed by atoms with van der Waals surface area (Å²) in [6, 6.07) is 0. The second-order valence-corrected chi connectivity index (χ2v) is 7.40. The molecule has 1 rings (SSSR count). The summed E-state index contributed by atoms with van der Waals surface area (Å²) in [5, 5.41) is 11.3. The Kier molecular flexibility index (Phi) is 9.94. The van der Waals surface area contributed by atoms with Gasteiger partial charge in [0, 0.05) is 0 Å². The predicted molar refractivity (Wildman–Crippen MR) is 93.0 cm³/mol. The Labute approximate surface area is 135 Å². The first-order valence-corrected chi connectivity index (χ1v) is 9.58. The van der Waals surface area contributed by atoms with Crippen molar-refractivity contribution in [2.45, 2.75) is 97.5 Å². The number of hydrogen-bond donors (Lipinski definition) is 1. The number of aryl methyl sites for hydroxylation is 2. The van der Waals surface area contributed by atoms with Gasteiger partial charge in [-0.2, -0.15) is 0 Å². The first-order valence-electron chi connectivity index (χ1n) is 8.77. The van der Waals surface area contributed by atoms with E-state index in [0.29, 0.717) is 0 Å². The van der Waals surface area contributed by atoms with Crippen molar-refractivity contribution < 1.29 is 5.11 Å². The molecule has 0 aliphatic rings. The number of aliphatic hydroxyl groups is 1. The maximum atomic E-state index is 10.2. The van der Waals surface area contributed by atoms with Crippen LogP contribution >= 0.6 is 11.3 Å². The first kappa shape index (κ1) is 18.6. The fourth-order valence-electron chi connectivity index (χ4n) is 2.81. The average Bonchev–Trinajstić information content (AvgIpc) is 2.79. The summed E-state index contributed by atoms with van der Waals surface area (Å²) in [7, 11) is 0. The van der Waals surface area contributed by atoms with Gasteiger partial charge in [-0.3, -0.25) is 0 Å². The van der Waals surface area contributed by atoms with Crippen LogP contribution in [0.5, 0.6) is 0 Å². The Bertz CT molecular complexity index is 375. The van der Waals surface area contributed by atoms with Gasteiger partial charge in [-0.05, 0) is 20.3 Å². The second kappa shape index (κ2) is 11.2. The average molecular weight is 312 g/mol. The van der Waals surface area contributed by atoms with Gasteiger partial charge in [0.15, 0.2) is 0 Å². The molecule has 1 aromatic rings. The molecule has 1 N–H and O–H groups in total. The van der Waals surface area contributed by atoms with Crippen molar-refractivity contribution in [1.82, 2.24) is 4.98 Å². The lowest BCUT2D eigenvalue weighted by molar-refractivity contribution is 0.166. The molecule has 0 saturated heterocycles. The van der Waals surface area contributed by atoms with Crippen molar-refractivity contribution >= 4 is 11.3 Å². The summed E-state index contributed by atoms with van der Waals surface area (Å²) in [6.07, 6.45) is 14.0. The van der Waals surface area contributed by atoms with Gasteiger partial charge in [0.1, 0.15) is 0 Å². The molecule has 0 radical (unpaired) electrons. The zero-order valence-corrected chi connectivity index (χ0v) is 15.0. The molecule has 0 aliphatic carbocycles. The van der Waals surface area contributed by atoms with Gasteiger partial charge >= 0.3 is 0 Å². The molecule has 0 spiro atoms. The van der Waals surface area contributed by atoms with E-state index in [0.717, 1.165) is 28.4 Å². The Hall–Kier alpha value is -0.410. The van der Waals surface area contributed by atoms with E-state index in [-0.39, 0.29) is 6.10 Å². The molecule has 1 atom stereocenters. The zero-order valence-electron chi connectivity index (χ0n) is 14.2. The van der Waals surface area contributed by atoms with Crippen LogP contribution in [0.25, 0.3) is 0 Å². The fraction of sp³-hybridized carbons (Fsp3) is 0.833. The maximum Gasteiger partial charge on any atom is 0.0901 e. The molecule has 3 heteroatoms. The van der Waals surface area contributed by atoms with E-state index in [2.05, 4.69) is 11.9 Å². The van der Waals surface area contributed by atoms with Crippen LogP contribution in [0.1, 0.15) is 99.2 Å². The molecule has 0 saturated carbocycles. The molecule has 1 heterocycles. The third-order valence-corrected chi connectivity index (χ3v) is 5.25. The van der Waals surface area contributed by atoms with Crippen LogP contribution in [0.3, 0.4) is 0 Å². The number of rotatable bonds is 12. The van der Waals surface area contributed by atoms with Gasteiger partial charge in [0.2, 0.25) is 0 Å². The van der Waals surface area contributed by atoms with Crippen LogP contribution in [0.15, 0.2) is 0 Å². The molecule has 122 valence electrons. The lowest BCUT2D eigenvalue weighted by atomic mass is 10.0. The van der Waals surface area contributed by atoms with Crippen LogP contribution in [0.4, 0.5) is 0 Å². The number of hydrogen-bond acceptors (Lipinski definition) is 3. The molecule has 0 fully saturated rings. The number of nitrogens with zero attached hydrogens (tertiary/aromatic N) is 1. The molecule has 0 amide bonds. The Morgan fingerprint density at radius 3 is 1.90 bits per heavy atom. The standard InChI is InChI=1S/C18H33NOS/c1-4-5-6-7-8-9-10-11-12-13-14-17(20)18-15(2)19-16(3)21-18/h17,20H,4-14H2,1-3H3. The van der Waals surface area contributed by atoms with Crippen LogP contribution in [0.2, 0.25) is 0 Å². The van der Waals surface area contributed by atoms with E-state index >= 15 is 0 Å². The van der Waals surface area contributed by atoms with Crippen LogP contribution < -0.4 is 0 Å². The molecular weight excluding hydrogens is 278 g/mol. The van der Waals surface area contributed by atoms with Crippen LogP contribution in [0, 0.1) is 13.8 Å². The minimum absolute atomic E-state index is 0.301. The van der Waals surface area contributed by atoms with Crippen molar-refractivity contribution in [2.24, 2.45) is 0 Å². The largest absolute Gasteiger partial charge is 0.388 e. The van der Waals surface area contributed by atoms with E-state index in [9.17, 15) is 5.11 Å². The van der Waals surface area contributed by atoms with Gasteiger partial charge in [0.25, 0.3) is 0 Å². The summed E-state index contributed by atoms with van der Waals surface area (Å²) in [5.74, 6) is 0. The Morgan fingerprint density at radius 1 is 0.905 bits per heavy atom. The molecule has 0 aliphatic heterocycles. The number of aliphatic hydroxyl groups excluding tert-OH is 1. The summed E-state index contributed by atoms with van der Waals surface area (Å²) < 4.78 is 0. The summed E-state index contributed by atoms with van der Waals surface area (Å²) in [4.78, 5) is 5.46. The van der Waals surface area contributed by atoms with Crippen molar-refractivity contribution in [1.29, 1.82) is 0 Å². The number of thiazole rings is 1. The number of unbranched alkanes of at least 4 members (excludes halogenated alkanes) is 9. The SMILES string of the molecule is CCCCCCCCCCCCC(O)c1sc(C)nc1C.